The molecule has 0 aliphatic heterocycles. The number of benzene rings is 1. The van der Waals surface area contributed by atoms with Crippen molar-refractivity contribution in [2.45, 2.75) is 44.2 Å². The normalized spacial score (nSPS) is 18.6. The SMILES string of the molecule is COc1cc(C(N)C(N)C2CCCCC2)cc(OC)c1OC. The fourth-order valence-electron chi connectivity index (χ4n) is 3.33. The molecule has 0 bridgehead atoms. The van der Waals surface area contributed by atoms with Crippen molar-refractivity contribution in [3.63, 3.8) is 0 Å². The quantitative estimate of drug-likeness (QED) is 0.844. The van der Waals surface area contributed by atoms with Crippen LogP contribution in [0.5, 0.6) is 17.2 Å². The van der Waals surface area contributed by atoms with E-state index < -0.39 is 0 Å². The largest absolute Gasteiger partial charge is 0.493 e. The van der Waals surface area contributed by atoms with Crippen molar-refractivity contribution in [3.05, 3.63) is 17.7 Å². The highest BCUT2D eigenvalue weighted by Crippen LogP contribution is 2.40. The van der Waals surface area contributed by atoms with Crippen molar-refractivity contribution in [3.8, 4) is 17.2 Å². The second-order valence-corrected chi connectivity index (χ2v) is 5.96. The van der Waals surface area contributed by atoms with Gasteiger partial charge in [0.25, 0.3) is 0 Å². The maximum atomic E-state index is 6.44. The van der Waals surface area contributed by atoms with Gasteiger partial charge in [-0.15, -0.1) is 0 Å². The van der Waals surface area contributed by atoms with Crippen LogP contribution in [0.25, 0.3) is 0 Å². The minimum atomic E-state index is -0.239. The Hall–Kier alpha value is -1.46. The van der Waals surface area contributed by atoms with Gasteiger partial charge in [-0.05, 0) is 36.5 Å². The molecule has 0 heterocycles. The molecule has 5 heteroatoms. The molecule has 1 aromatic rings. The summed E-state index contributed by atoms with van der Waals surface area (Å²) >= 11 is 0. The van der Waals surface area contributed by atoms with Gasteiger partial charge in [-0.1, -0.05) is 19.3 Å². The first kappa shape index (κ1) is 16.9. The molecule has 2 rings (SSSR count). The average Bonchev–Trinajstić information content (AvgIpc) is 2.59. The van der Waals surface area contributed by atoms with E-state index in [1.165, 1.54) is 32.1 Å². The third-order valence-electron chi connectivity index (χ3n) is 4.68. The third-order valence-corrected chi connectivity index (χ3v) is 4.68. The smallest absolute Gasteiger partial charge is 0.203 e. The van der Waals surface area contributed by atoms with Crippen molar-refractivity contribution in [2.75, 3.05) is 21.3 Å². The Labute approximate surface area is 132 Å². The fourth-order valence-corrected chi connectivity index (χ4v) is 3.33. The molecule has 0 aromatic heterocycles. The summed E-state index contributed by atoms with van der Waals surface area (Å²) < 4.78 is 16.1. The van der Waals surface area contributed by atoms with E-state index in [9.17, 15) is 0 Å². The molecule has 22 heavy (non-hydrogen) atoms. The molecule has 1 fully saturated rings. The summed E-state index contributed by atoms with van der Waals surface area (Å²) in [4.78, 5) is 0. The van der Waals surface area contributed by atoms with E-state index in [1.807, 2.05) is 12.1 Å². The molecule has 1 aromatic carbocycles. The van der Waals surface area contributed by atoms with Gasteiger partial charge in [0.15, 0.2) is 11.5 Å². The Morgan fingerprint density at radius 2 is 1.45 bits per heavy atom. The van der Waals surface area contributed by atoms with Crippen molar-refractivity contribution in [1.29, 1.82) is 0 Å². The van der Waals surface area contributed by atoms with Crippen LogP contribution in [0.15, 0.2) is 12.1 Å². The van der Waals surface area contributed by atoms with E-state index in [0.717, 1.165) is 5.56 Å². The fraction of sp³-hybridized carbons (Fsp3) is 0.647. The lowest BCUT2D eigenvalue weighted by Crippen LogP contribution is -2.41. The standard InChI is InChI=1S/C17H28N2O3/c1-20-13-9-12(10-14(21-2)17(13)22-3)16(19)15(18)11-7-5-4-6-8-11/h9-11,15-16H,4-8,18-19H2,1-3H3. The van der Waals surface area contributed by atoms with Gasteiger partial charge < -0.3 is 25.7 Å². The molecule has 0 spiro atoms. The van der Waals surface area contributed by atoms with E-state index >= 15 is 0 Å². The number of hydrogen-bond acceptors (Lipinski definition) is 5. The van der Waals surface area contributed by atoms with Gasteiger partial charge >= 0.3 is 0 Å². The predicted molar refractivity (Wildman–Crippen MR) is 87.6 cm³/mol. The van der Waals surface area contributed by atoms with Gasteiger partial charge in [0.05, 0.1) is 21.3 Å². The van der Waals surface area contributed by atoms with Crippen molar-refractivity contribution in [2.24, 2.45) is 17.4 Å². The molecular weight excluding hydrogens is 280 g/mol. The third kappa shape index (κ3) is 3.47. The van der Waals surface area contributed by atoms with Gasteiger partial charge in [0.1, 0.15) is 0 Å². The molecule has 4 N–H and O–H groups in total. The predicted octanol–water partition coefficient (Wildman–Crippen LogP) is 2.62. The highest BCUT2D eigenvalue weighted by molar-refractivity contribution is 5.54. The summed E-state index contributed by atoms with van der Waals surface area (Å²) in [7, 11) is 4.80. The number of hydrogen-bond donors (Lipinski definition) is 2. The molecule has 0 saturated heterocycles. The van der Waals surface area contributed by atoms with Crippen molar-refractivity contribution < 1.29 is 14.2 Å². The number of rotatable bonds is 6. The van der Waals surface area contributed by atoms with Crippen LogP contribution in [0.2, 0.25) is 0 Å². The topological polar surface area (TPSA) is 79.7 Å². The van der Waals surface area contributed by atoms with Gasteiger partial charge in [-0.25, -0.2) is 0 Å². The number of methoxy groups -OCH3 is 3. The summed E-state index contributed by atoms with van der Waals surface area (Å²) in [5.74, 6) is 2.29. The first-order valence-corrected chi connectivity index (χ1v) is 7.93. The molecule has 124 valence electrons. The van der Waals surface area contributed by atoms with Gasteiger partial charge in [-0.3, -0.25) is 0 Å². The zero-order valence-electron chi connectivity index (χ0n) is 13.8. The Kier molecular flexibility index (Phi) is 5.91. The number of nitrogens with two attached hydrogens (primary N) is 2. The lowest BCUT2D eigenvalue weighted by atomic mass is 9.80. The summed E-state index contributed by atoms with van der Waals surface area (Å²) in [6.07, 6.45) is 6.14. The highest BCUT2D eigenvalue weighted by Gasteiger charge is 2.28. The summed E-state index contributed by atoms with van der Waals surface area (Å²) in [5, 5.41) is 0. The molecule has 2 unspecified atom stereocenters. The summed E-state index contributed by atoms with van der Waals surface area (Å²) in [6.45, 7) is 0. The zero-order chi connectivity index (χ0) is 16.1. The van der Waals surface area contributed by atoms with E-state index in [-0.39, 0.29) is 12.1 Å². The molecule has 2 atom stereocenters. The maximum Gasteiger partial charge on any atom is 0.203 e. The minimum Gasteiger partial charge on any atom is -0.493 e. The minimum absolute atomic E-state index is 0.0527. The molecule has 0 radical (unpaired) electrons. The van der Waals surface area contributed by atoms with E-state index in [1.54, 1.807) is 21.3 Å². The van der Waals surface area contributed by atoms with Crippen molar-refractivity contribution in [1.82, 2.24) is 0 Å². The van der Waals surface area contributed by atoms with Gasteiger partial charge in [-0.2, -0.15) is 0 Å². The Morgan fingerprint density at radius 1 is 0.909 bits per heavy atom. The highest BCUT2D eigenvalue weighted by atomic mass is 16.5. The first-order chi connectivity index (χ1) is 10.6. The molecular formula is C17H28N2O3. The van der Waals surface area contributed by atoms with Crippen LogP contribution in [-0.4, -0.2) is 27.4 Å². The maximum absolute atomic E-state index is 6.44. The summed E-state index contributed by atoms with van der Waals surface area (Å²) in [6, 6.07) is 3.50. The van der Waals surface area contributed by atoms with Crippen LogP contribution in [0.4, 0.5) is 0 Å². The van der Waals surface area contributed by atoms with Crippen LogP contribution >= 0.6 is 0 Å². The molecule has 1 aliphatic rings. The molecule has 5 nitrogen and oxygen atoms in total. The van der Waals surface area contributed by atoms with Crippen LogP contribution in [0, 0.1) is 5.92 Å². The van der Waals surface area contributed by atoms with Crippen LogP contribution in [0.3, 0.4) is 0 Å². The lowest BCUT2D eigenvalue weighted by Gasteiger charge is -2.32. The molecule has 0 amide bonds. The second kappa shape index (κ2) is 7.70. The Balaban J connectivity index is 2.26. The monoisotopic (exact) mass is 308 g/mol. The molecule has 1 aliphatic carbocycles. The van der Waals surface area contributed by atoms with Gasteiger partial charge in [0, 0.05) is 12.1 Å². The van der Waals surface area contributed by atoms with Crippen LogP contribution in [-0.2, 0) is 0 Å². The van der Waals surface area contributed by atoms with Crippen LogP contribution < -0.4 is 25.7 Å². The van der Waals surface area contributed by atoms with Crippen molar-refractivity contribution >= 4 is 0 Å². The summed E-state index contributed by atoms with van der Waals surface area (Å²) in [5.41, 5.74) is 13.8. The molecule has 1 saturated carbocycles. The Bertz CT molecular complexity index is 462. The van der Waals surface area contributed by atoms with E-state index in [2.05, 4.69) is 0 Å². The number of ether oxygens (including phenoxy) is 3. The second-order valence-electron chi connectivity index (χ2n) is 5.96. The lowest BCUT2D eigenvalue weighted by molar-refractivity contribution is 0.277. The van der Waals surface area contributed by atoms with Crippen LogP contribution in [0.1, 0.15) is 43.7 Å². The first-order valence-electron chi connectivity index (χ1n) is 7.93. The van der Waals surface area contributed by atoms with E-state index in [4.69, 9.17) is 25.7 Å². The van der Waals surface area contributed by atoms with Gasteiger partial charge in [0.2, 0.25) is 5.75 Å². The van der Waals surface area contributed by atoms with E-state index in [0.29, 0.717) is 23.2 Å². The average molecular weight is 308 g/mol. The zero-order valence-corrected chi connectivity index (χ0v) is 13.8. The Morgan fingerprint density at radius 3 is 1.91 bits per heavy atom.